The summed E-state index contributed by atoms with van der Waals surface area (Å²) >= 11 is 5.96. The number of aromatic nitrogens is 4. The van der Waals surface area contributed by atoms with E-state index in [1.807, 2.05) is 6.07 Å². The van der Waals surface area contributed by atoms with Gasteiger partial charge in [0.2, 0.25) is 5.91 Å². The number of halogens is 4. The van der Waals surface area contributed by atoms with E-state index >= 15 is 0 Å². The zero-order chi connectivity index (χ0) is 26.2. The molecule has 1 aliphatic heterocycles. The Bertz CT molecular complexity index is 1380. The Morgan fingerprint density at radius 2 is 1.86 bits per heavy atom. The highest BCUT2D eigenvalue weighted by atomic mass is 35.5. The molecule has 1 fully saturated rings. The Labute approximate surface area is 207 Å². The van der Waals surface area contributed by atoms with Gasteiger partial charge in [-0.05, 0) is 48.9 Å². The molecular formula is C22H24ClF3N6O4. The third-order valence-corrected chi connectivity index (χ3v) is 6.61. The first-order valence-corrected chi connectivity index (χ1v) is 12.0. The number of carbonyl (C=O) groups excluding carboxylic acids is 2. The summed E-state index contributed by atoms with van der Waals surface area (Å²) < 4.78 is 37.1. The van der Waals surface area contributed by atoms with Crippen LogP contribution in [0.4, 0.5) is 19.1 Å². The summed E-state index contributed by atoms with van der Waals surface area (Å²) in [6.45, 7) is 1.95. The summed E-state index contributed by atoms with van der Waals surface area (Å²) in [5.41, 5.74) is 7.36. The van der Waals surface area contributed by atoms with Gasteiger partial charge in [-0.3, -0.25) is 4.79 Å². The van der Waals surface area contributed by atoms with Gasteiger partial charge in [-0.1, -0.05) is 6.42 Å². The Morgan fingerprint density at radius 3 is 2.44 bits per heavy atom. The number of nitrogens with two attached hydrogens (primary N) is 1. The summed E-state index contributed by atoms with van der Waals surface area (Å²) in [5.74, 6) is -1.73. The van der Waals surface area contributed by atoms with Crippen molar-refractivity contribution in [3.05, 3.63) is 34.2 Å². The smallest absolute Gasteiger partial charge is 0.430 e. The molecule has 1 aliphatic carbocycles. The number of alkyl halides is 4. The van der Waals surface area contributed by atoms with Crippen molar-refractivity contribution in [3.8, 4) is 0 Å². The zero-order valence-corrected chi connectivity index (χ0v) is 19.9. The predicted molar refractivity (Wildman–Crippen MR) is 122 cm³/mol. The highest BCUT2D eigenvalue weighted by Gasteiger charge is 2.35. The molecule has 0 spiro atoms. The van der Waals surface area contributed by atoms with Gasteiger partial charge in [0.05, 0.1) is 12.6 Å². The maximum Gasteiger partial charge on any atom is 0.430 e. The van der Waals surface area contributed by atoms with E-state index in [-0.39, 0.29) is 11.7 Å². The van der Waals surface area contributed by atoms with Crippen molar-refractivity contribution in [2.75, 3.05) is 23.9 Å². The fourth-order valence-corrected chi connectivity index (χ4v) is 5.01. The molecule has 0 saturated heterocycles. The number of nitrogens with zero attached hydrogens (tertiary/aromatic N) is 5. The molecule has 10 nitrogen and oxygen atoms in total. The minimum atomic E-state index is -5.19. The molecule has 0 bridgehead atoms. The Hall–Kier alpha value is -3.35. The van der Waals surface area contributed by atoms with Crippen molar-refractivity contribution in [3.63, 3.8) is 0 Å². The Morgan fingerprint density at radius 1 is 1.19 bits per heavy atom. The van der Waals surface area contributed by atoms with E-state index in [9.17, 15) is 22.8 Å². The van der Waals surface area contributed by atoms with E-state index < -0.39 is 18.1 Å². The van der Waals surface area contributed by atoms with Gasteiger partial charge in [0.25, 0.3) is 5.95 Å². The van der Waals surface area contributed by atoms with Crippen molar-refractivity contribution in [1.82, 2.24) is 14.0 Å². The van der Waals surface area contributed by atoms with Crippen molar-refractivity contribution in [2.45, 2.75) is 50.9 Å². The molecule has 5 rings (SSSR count). The Balaban J connectivity index is 0.000000384. The number of aliphatic carboxylic acids is 1. The van der Waals surface area contributed by atoms with Gasteiger partial charge in [0.15, 0.2) is 5.52 Å². The zero-order valence-electron chi connectivity index (χ0n) is 19.1. The van der Waals surface area contributed by atoms with Crippen LogP contribution in [0.1, 0.15) is 48.5 Å². The fourth-order valence-electron chi connectivity index (χ4n) is 4.80. The number of carboxylic acids is 1. The topological polar surface area (TPSA) is 130 Å². The lowest BCUT2D eigenvalue weighted by Gasteiger charge is -2.20. The number of fused-ring (bicyclic) bond motifs is 4. The Kier molecular flexibility index (Phi) is 7.12. The molecule has 2 aromatic heterocycles. The molecule has 3 aromatic rings. The molecule has 1 aromatic carbocycles. The first-order valence-electron chi connectivity index (χ1n) is 11.4. The molecular weight excluding hydrogens is 505 g/mol. The molecule has 0 unspecified atom stereocenters. The van der Waals surface area contributed by atoms with Crippen molar-refractivity contribution in [2.24, 2.45) is 5.73 Å². The van der Waals surface area contributed by atoms with Crippen LogP contribution in [-0.4, -0.2) is 51.0 Å². The largest absolute Gasteiger partial charge is 0.542 e. The van der Waals surface area contributed by atoms with Crippen LogP contribution in [0.2, 0.25) is 0 Å². The van der Waals surface area contributed by atoms with Crippen LogP contribution < -0.4 is 26.0 Å². The number of hydrogen-bond donors (Lipinski definition) is 1. The van der Waals surface area contributed by atoms with E-state index in [2.05, 4.69) is 9.47 Å². The minimum absolute atomic E-state index is 0.136. The first kappa shape index (κ1) is 25.7. The van der Waals surface area contributed by atoms with Crippen molar-refractivity contribution >= 4 is 46.2 Å². The fraction of sp³-hybridized carbons (Fsp3) is 0.500. The molecule has 2 N–H and O–H groups in total. The molecule has 2 aliphatic rings. The van der Waals surface area contributed by atoms with Gasteiger partial charge in [-0.15, -0.1) is 16.0 Å². The van der Waals surface area contributed by atoms with Crippen molar-refractivity contribution in [1.29, 1.82) is 0 Å². The predicted octanol–water partition coefficient (Wildman–Crippen LogP) is 0.898. The summed E-state index contributed by atoms with van der Waals surface area (Å²) in [6.07, 6.45) is 0.489. The van der Waals surface area contributed by atoms with Gasteiger partial charge in [-0.2, -0.15) is 13.2 Å². The number of carboxylic acid groups (broad SMARTS) is 1. The van der Waals surface area contributed by atoms with Gasteiger partial charge >= 0.3 is 17.6 Å². The SMILES string of the molecule is NC(=O)c1ccc2c(c1)n1c(=O)n3c(nc1[n+]2C1CCCCC1)N(CCCl)CC3.O=C([O-])C(F)(F)F. The third kappa shape index (κ3) is 4.71. The molecule has 0 radical (unpaired) electrons. The molecule has 194 valence electrons. The summed E-state index contributed by atoms with van der Waals surface area (Å²) in [7, 11) is 0. The van der Waals surface area contributed by atoms with Gasteiger partial charge < -0.3 is 20.5 Å². The lowest BCUT2D eigenvalue weighted by Crippen LogP contribution is -2.42. The number of carbonyl (C=O) groups is 2. The van der Waals surface area contributed by atoms with Gasteiger partial charge in [-0.25, -0.2) is 13.9 Å². The van der Waals surface area contributed by atoms with Crippen LogP contribution in [0.25, 0.3) is 16.8 Å². The highest BCUT2D eigenvalue weighted by Crippen LogP contribution is 2.28. The molecule has 1 saturated carbocycles. The number of primary amides is 1. The van der Waals surface area contributed by atoms with E-state index in [0.29, 0.717) is 41.8 Å². The standard InChI is InChI=1S/C20H23ClN6O2.C2HF3O2/c21-8-9-24-10-11-25-18(24)23-19-26(14-4-2-1-3-5-14)15-7-6-13(17(22)28)12-16(15)27(19)20(25)29;3-2(4,5)1(6)7/h6-7,12,14H,1-5,8-11H2,(H-,22,28);(H,6,7). The second kappa shape index (κ2) is 9.96. The average Bonchev–Trinajstić information content (AvgIpc) is 3.38. The van der Waals surface area contributed by atoms with E-state index in [4.69, 9.17) is 32.2 Å². The van der Waals surface area contributed by atoms with E-state index in [0.717, 1.165) is 37.7 Å². The number of imidazole rings is 1. The second-order valence-corrected chi connectivity index (χ2v) is 9.05. The maximum absolute atomic E-state index is 13.5. The van der Waals surface area contributed by atoms with Gasteiger partial charge in [0.1, 0.15) is 11.5 Å². The first-order chi connectivity index (χ1) is 17.0. The van der Waals surface area contributed by atoms with Crippen LogP contribution in [0.3, 0.4) is 0 Å². The normalized spacial score (nSPS) is 16.2. The number of benzene rings is 1. The second-order valence-electron chi connectivity index (χ2n) is 8.67. The quantitative estimate of drug-likeness (QED) is 0.395. The molecule has 14 heteroatoms. The van der Waals surface area contributed by atoms with Crippen LogP contribution in [-0.2, 0) is 11.3 Å². The lowest BCUT2D eigenvalue weighted by atomic mass is 9.95. The van der Waals surface area contributed by atoms with Gasteiger partial charge in [0, 0.05) is 24.5 Å². The van der Waals surface area contributed by atoms with Crippen LogP contribution >= 0.6 is 11.6 Å². The third-order valence-electron chi connectivity index (χ3n) is 6.44. The highest BCUT2D eigenvalue weighted by molar-refractivity contribution is 6.18. The monoisotopic (exact) mass is 528 g/mol. The molecule has 3 heterocycles. The van der Waals surface area contributed by atoms with Crippen LogP contribution in [0, 0.1) is 0 Å². The van der Waals surface area contributed by atoms with Crippen LogP contribution in [0.5, 0.6) is 0 Å². The molecule has 0 atom stereocenters. The minimum Gasteiger partial charge on any atom is -0.542 e. The van der Waals surface area contributed by atoms with E-state index in [1.165, 1.54) is 6.42 Å². The molecule has 36 heavy (non-hydrogen) atoms. The van der Waals surface area contributed by atoms with E-state index in [1.54, 1.807) is 21.1 Å². The average molecular weight is 529 g/mol. The number of amides is 1. The summed E-state index contributed by atoms with van der Waals surface area (Å²) in [4.78, 5) is 41.0. The summed E-state index contributed by atoms with van der Waals surface area (Å²) in [6, 6.07) is 5.62. The van der Waals surface area contributed by atoms with Crippen molar-refractivity contribution < 1.29 is 32.4 Å². The van der Waals surface area contributed by atoms with Crippen LogP contribution in [0.15, 0.2) is 23.0 Å². The lowest BCUT2D eigenvalue weighted by molar-refractivity contribution is -0.679. The molecule has 1 amide bonds. The maximum atomic E-state index is 13.5. The number of rotatable bonds is 4. The number of hydrogen-bond acceptors (Lipinski definition) is 6. The summed E-state index contributed by atoms with van der Waals surface area (Å²) in [5, 5.41) is 8.78. The number of anilines is 1.